The first-order valence-corrected chi connectivity index (χ1v) is 4.17. The van der Waals surface area contributed by atoms with E-state index < -0.39 is 0 Å². The maximum Gasteiger partial charge on any atom is 0.241 e. The van der Waals surface area contributed by atoms with Gasteiger partial charge in [0.15, 0.2) is 0 Å². The molecule has 0 bridgehead atoms. The molecule has 0 aliphatic heterocycles. The van der Waals surface area contributed by atoms with E-state index in [1.807, 2.05) is 27.7 Å². The number of rotatable bonds is 2. The van der Waals surface area contributed by atoms with Gasteiger partial charge in [-0.3, -0.25) is 0 Å². The number of nitrogens with zero attached hydrogens (tertiary/aromatic N) is 2. The van der Waals surface area contributed by atoms with Crippen LogP contribution in [-0.4, -0.2) is 15.3 Å². The quantitative estimate of drug-likeness (QED) is 0.737. The zero-order valence-corrected chi connectivity index (χ0v) is 8.03. The Balaban J connectivity index is 0.000000561. The van der Waals surface area contributed by atoms with Crippen LogP contribution in [0.5, 0.6) is 0 Å². The van der Waals surface area contributed by atoms with Crippen LogP contribution >= 0.6 is 0 Å². The number of aliphatic hydroxyl groups excluding tert-OH is 1. The molecule has 4 nitrogen and oxygen atoms in total. The van der Waals surface area contributed by atoms with Crippen LogP contribution < -0.4 is 0 Å². The number of hydrogen-bond acceptors (Lipinski definition) is 4. The van der Waals surface area contributed by atoms with Crippen molar-refractivity contribution in [3.05, 3.63) is 11.8 Å². The maximum absolute atomic E-state index is 8.54. The molecule has 0 radical (unpaired) electrons. The molecule has 0 atom stereocenters. The van der Waals surface area contributed by atoms with Gasteiger partial charge in [0.2, 0.25) is 11.8 Å². The zero-order valence-electron chi connectivity index (χ0n) is 8.03. The lowest BCUT2D eigenvalue weighted by molar-refractivity contribution is 0.235. The molecular weight excluding hydrogens is 156 g/mol. The van der Waals surface area contributed by atoms with Gasteiger partial charge in [0.05, 0.1) is 0 Å². The summed E-state index contributed by atoms with van der Waals surface area (Å²) in [5.74, 6) is 1.08. The summed E-state index contributed by atoms with van der Waals surface area (Å²) in [6, 6.07) is 0. The highest BCUT2D eigenvalue weighted by atomic mass is 16.4. The van der Waals surface area contributed by atoms with Crippen molar-refractivity contribution in [2.45, 2.75) is 40.2 Å². The van der Waals surface area contributed by atoms with Gasteiger partial charge in [-0.1, -0.05) is 27.7 Å². The minimum absolute atomic E-state index is 0.181. The van der Waals surface area contributed by atoms with E-state index in [0.717, 1.165) is 0 Å². The molecule has 0 unspecified atom stereocenters. The average Bonchev–Trinajstić information content (AvgIpc) is 2.55. The van der Waals surface area contributed by atoms with Gasteiger partial charge < -0.3 is 9.52 Å². The molecule has 0 aliphatic carbocycles. The van der Waals surface area contributed by atoms with Crippen LogP contribution in [0.15, 0.2) is 4.42 Å². The van der Waals surface area contributed by atoms with Crippen molar-refractivity contribution in [2.24, 2.45) is 0 Å². The SMILES string of the molecule is CC.CC(C)c1nnc(CO)o1. The Labute approximate surface area is 72.6 Å². The summed E-state index contributed by atoms with van der Waals surface area (Å²) in [5, 5.41) is 15.8. The van der Waals surface area contributed by atoms with Crippen molar-refractivity contribution in [3.63, 3.8) is 0 Å². The minimum atomic E-state index is -0.181. The maximum atomic E-state index is 8.54. The fourth-order valence-corrected chi connectivity index (χ4v) is 0.564. The van der Waals surface area contributed by atoms with E-state index in [1.165, 1.54) is 0 Å². The van der Waals surface area contributed by atoms with Gasteiger partial charge in [-0.25, -0.2) is 0 Å². The van der Waals surface area contributed by atoms with E-state index in [1.54, 1.807) is 0 Å². The Morgan fingerprint density at radius 2 is 1.92 bits per heavy atom. The minimum Gasteiger partial charge on any atom is -0.422 e. The molecule has 0 aliphatic rings. The van der Waals surface area contributed by atoms with Crippen molar-refractivity contribution in [2.75, 3.05) is 0 Å². The molecule has 0 amide bonds. The lowest BCUT2D eigenvalue weighted by atomic mass is 10.2. The highest BCUT2D eigenvalue weighted by molar-refractivity contribution is 4.85. The lowest BCUT2D eigenvalue weighted by Gasteiger charge is -1.92. The van der Waals surface area contributed by atoms with E-state index in [0.29, 0.717) is 5.89 Å². The molecule has 0 aromatic carbocycles. The van der Waals surface area contributed by atoms with Crippen molar-refractivity contribution in [3.8, 4) is 0 Å². The van der Waals surface area contributed by atoms with Crippen LogP contribution in [-0.2, 0) is 6.61 Å². The highest BCUT2D eigenvalue weighted by Gasteiger charge is 2.07. The van der Waals surface area contributed by atoms with Gasteiger partial charge in [-0.2, -0.15) is 0 Å². The van der Waals surface area contributed by atoms with E-state index in [9.17, 15) is 0 Å². The molecule has 1 rings (SSSR count). The third-order valence-corrected chi connectivity index (χ3v) is 1.11. The second kappa shape index (κ2) is 5.71. The predicted octanol–water partition coefficient (Wildman–Crippen LogP) is 1.71. The third-order valence-electron chi connectivity index (χ3n) is 1.11. The monoisotopic (exact) mass is 172 g/mol. The molecule has 1 heterocycles. The largest absolute Gasteiger partial charge is 0.422 e. The fraction of sp³-hybridized carbons (Fsp3) is 0.750. The summed E-state index contributed by atoms with van der Waals surface area (Å²) < 4.78 is 5.02. The van der Waals surface area contributed by atoms with Gasteiger partial charge >= 0.3 is 0 Å². The van der Waals surface area contributed by atoms with Crippen LogP contribution in [0, 0.1) is 0 Å². The first-order valence-electron chi connectivity index (χ1n) is 4.17. The zero-order chi connectivity index (χ0) is 9.56. The third kappa shape index (κ3) is 3.00. The molecule has 0 fully saturated rings. The molecule has 12 heavy (non-hydrogen) atoms. The summed E-state index contributed by atoms with van der Waals surface area (Å²) in [7, 11) is 0. The molecular formula is C8H16N2O2. The van der Waals surface area contributed by atoms with Gasteiger partial charge in [0, 0.05) is 5.92 Å². The van der Waals surface area contributed by atoms with E-state index >= 15 is 0 Å². The van der Waals surface area contributed by atoms with Gasteiger partial charge in [-0.15, -0.1) is 10.2 Å². The van der Waals surface area contributed by atoms with Crippen molar-refractivity contribution in [1.29, 1.82) is 0 Å². The summed E-state index contributed by atoms with van der Waals surface area (Å²) in [6.07, 6.45) is 0. The van der Waals surface area contributed by atoms with E-state index in [-0.39, 0.29) is 18.4 Å². The van der Waals surface area contributed by atoms with Crippen LogP contribution in [0.4, 0.5) is 0 Å². The Morgan fingerprint density at radius 3 is 2.17 bits per heavy atom. The summed E-state index contributed by atoms with van der Waals surface area (Å²) in [4.78, 5) is 0. The lowest BCUT2D eigenvalue weighted by Crippen LogP contribution is -1.85. The standard InChI is InChI=1S/C6H10N2O2.C2H6/c1-4(2)6-8-7-5(3-9)10-6;1-2/h4,9H,3H2,1-2H3;1-2H3. The first kappa shape index (κ1) is 11.1. The molecule has 0 spiro atoms. The molecule has 70 valence electrons. The van der Waals surface area contributed by atoms with Crippen LogP contribution in [0.3, 0.4) is 0 Å². The topological polar surface area (TPSA) is 59.2 Å². The van der Waals surface area contributed by atoms with Crippen molar-refractivity contribution >= 4 is 0 Å². The Hall–Kier alpha value is -0.900. The van der Waals surface area contributed by atoms with Crippen molar-refractivity contribution < 1.29 is 9.52 Å². The van der Waals surface area contributed by atoms with Gasteiger partial charge in [0.1, 0.15) is 6.61 Å². The predicted molar refractivity (Wildman–Crippen MR) is 45.7 cm³/mol. The molecule has 1 aromatic rings. The summed E-state index contributed by atoms with van der Waals surface area (Å²) in [6.45, 7) is 7.73. The number of aliphatic hydroxyl groups is 1. The summed E-state index contributed by atoms with van der Waals surface area (Å²) >= 11 is 0. The second-order valence-electron chi connectivity index (χ2n) is 2.35. The molecule has 0 saturated heterocycles. The van der Waals surface area contributed by atoms with Crippen LogP contribution in [0.2, 0.25) is 0 Å². The Bertz CT molecular complexity index is 209. The number of hydrogen-bond donors (Lipinski definition) is 1. The van der Waals surface area contributed by atoms with E-state index in [2.05, 4.69) is 10.2 Å². The van der Waals surface area contributed by atoms with Crippen LogP contribution in [0.25, 0.3) is 0 Å². The summed E-state index contributed by atoms with van der Waals surface area (Å²) in [5.41, 5.74) is 0. The fourth-order valence-electron chi connectivity index (χ4n) is 0.564. The molecule has 1 N–H and O–H groups in total. The smallest absolute Gasteiger partial charge is 0.241 e. The number of aromatic nitrogens is 2. The molecule has 0 saturated carbocycles. The molecule has 1 aromatic heterocycles. The average molecular weight is 172 g/mol. The Kier molecular flexibility index (Phi) is 5.28. The van der Waals surface area contributed by atoms with Gasteiger partial charge in [0.25, 0.3) is 0 Å². The van der Waals surface area contributed by atoms with Crippen molar-refractivity contribution in [1.82, 2.24) is 10.2 Å². The normalized spacial score (nSPS) is 9.50. The van der Waals surface area contributed by atoms with Gasteiger partial charge in [-0.05, 0) is 0 Å². The molecule has 4 heteroatoms. The highest BCUT2D eigenvalue weighted by Crippen LogP contribution is 2.11. The Morgan fingerprint density at radius 1 is 1.33 bits per heavy atom. The second-order valence-corrected chi connectivity index (χ2v) is 2.35. The van der Waals surface area contributed by atoms with E-state index in [4.69, 9.17) is 9.52 Å². The van der Waals surface area contributed by atoms with Crippen LogP contribution in [0.1, 0.15) is 45.4 Å². The first-order chi connectivity index (χ1) is 5.74.